The highest BCUT2D eigenvalue weighted by molar-refractivity contribution is 6.24. The zero-order chi connectivity index (χ0) is 14.8. The number of benzodiazepines with no additional fused rings is 1. The fourth-order valence-electron chi connectivity index (χ4n) is 2.49. The summed E-state index contributed by atoms with van der Waals surface area (Å²) < 4.78 is 0. The Kier molecular flexibility index (Phi) is 3.36. The van der Waals surface area contributed by atoms with E-state index in [1.54, 1.807) is 6.07 Å². The standard InChI is InChI=1S/C17H14N2O2/c1-12(20)19-15-10-6-5-9-14(15)17(18-11-16(19)21)13-7-3-2-4-8-13/h2-10H,11H2,1H3. The van der Waals surface area contributed by atoms with E-state index in [0.717, 1.165) is 16.8 Å². The quantitative estimate of drug-likeness (QED) is 0.804. The summed E-state index contributed by atoms with van der Waals surface area (Å²) in [6.07, 6.45) is 0. The van der Waals surface area contributed by atoms with Gasteiger partial charge in [-0.05, 0) is 6.07 Å². The van der Waals surface area contributed by atoms with Gasteiger partial charge >= 0.3 is 0 Å². The summed E-state index contributed by atoms with van der Waals surface area (Å²) in [5.41, 5.74) is 3.06. The molecule has 3 rings (SSSR count). The van der Waals surface area contributed by atoms with Crippen LogP contribution in [-0.2, 0) is 9.59 Å². The summed E-state index contributed by atoms with van der Waals surface area (Å²) in [5.74, 6) is -0.599. The number of amides is 2. The van der Waals surface area contributed by atoms with E-state index >= 15 is 0 Å². The number of hydrogen-bond donors (Lipinski definition) is 0. The molecule has 2 amide bonds. The molecule has 4 nitrogen and oxygen atoms in total. The van der Waals surface area contributed by atoms with Crippen LogP contribution in [0.4, 0.5) is 5.69 Å². The fraction of sp³-hybridized carbons (Fsp3) is 0.118. The molecule has 4 heteroatoms. The van der Waals surface area contributed by atoms with Crippen LogP contribution in [0.15, 0.2) is 59.6 Å². The molecule has 0 atom stereocenters. The van der Waals surface area contributed by atoms with Crippen molar-refractivity contribution in [3.63, 3.8) is 0 Å². The predicted octanol–water partition coefficient (Wildman–Crippen LogP) is 2.42. The summed E-state index contributed by atoms with van der Waals surface area (Å²) in [7, 11) is 0. The lowest BCUT2D eigenvalue weighted by molar-refractivity contribution is -0.124. The van der Waals surface area contributed by atoms with E-state index < -0.39 is 0 Å². The fourth-order valence-corrected chi connectivity index (χ4v) is 2.49. The Morgan fingerprint density at radius 2 is 1.71 bits per heavy atom. The lowest BCUT2D eigenvalue weighted by atomic mass is 10.0. The second-order valence-electron chi connectivity index (χ2n) is 4.80. The van der Waals surface area contributed by atoms with Crippen molar-refractivity contribution in [1.29, 1.82) is 0 Å². The largest absolute Gasteiger partial charge is 0.274 e. The van der Waals surface area contributed by atoms with E-state index in [4.69, 9.17) is 0 Å². The molecule has 1 heterocycles. The molecular weight excluding hydrogens is 264 g/mol. The third-order valence-electron chi connectivity index (χ3n) is 3.38. The minimum absolute atomic E-state index is 0.0293. The summed E-state index contributed by atoms with van der Waals surface area (Å²) in [6, 6.07) is 17.0. The molecule has 104 valence electrons. The van der Waals surface area contributed by atoms with Crippen molar-refractivity contribution in [3.8, 4) is 0 Å². The Labute approximate surface area is 122 Å². The molecule has 21 heavy (non-hydrogen) atoms. The second-order valence-corrected chi connectivity index (χ2v) is 4.80. The minimum Gasteiger partial charge on any atom is -0.274 e. The van der Waals surface area contributed by atoms with Crippen molar-refractivity contribution in [3.05, 3.63) is 65.7 Å². The molecular formula is C17H14N2O2. The van der Waals surface area contributed by atoms with Crippen LogP contribution in [0.2, 0.25) is 0 Å². The third-order valence-corrected chi connectivity index (χ3v) is 3.38. The summed E-state index contributed by atoms with van der Waals surface area (Å²) in [6.45, 7) is 1.36. The number of hydrogen-bond acceptors (Lipinski definition) is 3. The summed E-state index contributed by atoms with van der Waals surface area (Å²) in [4.78, 5) is 29.6. The monoisotopic (exact) mass is 278 g/mol. The Hall–Kier alpha value is -2.75. The van der Waals surface area contributed by atoms with E-state index in [-0.39, 0.29) is 18.4 Å². The van der Waals surface area contributed by atoms with Crippen molar-refractivity contribution in [2.75, 3.05) is 11.4 Å². The van der Waals surface area contributed by atoms with Gasteiger partial charge < -0.3 is 0 Å². The molecule has 1 aliphatic rings. The topological polar surface area (TPSA) is 49.7 Å². The third kappa shape index (κ3) is 2.36. The number of fused-ring (bicyclic) bond motifs is 1. The highest BCUT2D eigenvalue weighted by atomic mass is 16.2. The first-order chi connectivity index (χ1) is 10.2. The van der Waals surface area contributed by atoms with Crippen molar-refractivity contribution in [2.24, 2.45) is 4.99 Å². The molecule has 1 aliphatic heterocycles. The maximum atomic E-state index is 12.2. The molecule has 0 bridgehead atoms. The maximum absolute atomic E-state index is 12.2. The van der Waals surface area contributed by atoms with Gasteiger partial charge in [0.2, 0.25) is 5.91 Å². The van der Waals surface area contributed by atoms with E-state index in [0.29, 0.717) is 5.69 Å². The smallest absolute Gasteiger partial charge is 0.255 e. The molecule has 2 aromatic rings. The van der Waals surface area contributed by atoms with Gasteiger partial charge in [0.05, 0.1) is 11.4 Å². The zero-order valence-electron chi connectivity index (χ0n) is 11.6. The Morgan fingerprint density at radius 3 is 2.43 bits per heavy atom. The average Bonchev–Trinajstić information content (AvgIpc) is 2.64. The molecule has 0 saturated heterocycles. The zero-order valence-corrected chi connectivity index (χ0v) is 11.6. The molecule has 0 radical (unpaired) electrons. The number of carbonyl (C=O) groups excluding carboxylic acids is 2. The maximum Gasteiger partial charge on any atom is 0.255 e. The van der Waals surface area contributed by atoms with Gasteiger partial charge in [0.25, 0.3) is 5.91 Å². The molecule has 0 aliphatic carbocycles. The number of aliphatic imine (C=N–C) groups is 1. The van der Waals surface area contributed by atoms with Gasteiger partial charge in [0, 0.05) is 18.1 Å². The second kappa shape index (κ2) is 5.32. The molecule has 2 aromatic carbocycles. The SMILES string of the molecule is CC(=O)N1C(=O)CN=C(c2ccccc2)c2ccccc21. The van der Waals surface area contributed by atoms with E-state index in [9.17, 15) is 9.59 Å². The first-order valence-corrected chi connectivity index (χ1v) is 6.71. The number of benzene rings is 2. The molecule has 0 fully saturated rings. The first kappa shape index (κ1) is 13.2. The van der Waals surface area contributed by atoms with E-state index in [1.807, 2.05) is 48.5 Å². The van der Waals surface area contributed by atoms with Crippen LogP contribution in [0.5, 0.6) is 0 Å². The van der Waals surface area contributed by atoms with Crippen LogP contribution in [-0.4, -0.2) is 24.1 Å². The normalized spacial score (nSPS) is 14.2. The van der Waals surface area contributed by atoms with Gasteiger partial charge in [0.1, 0.15) is 6.54 Å². The number of para-hydroxylation sites is 1. The number of imide groups is 1. The Balaban J connectivity index is 2.21. The highest BCUT2D eigenvalue weighted by Gasteiger charge is 2.27. The van der Waals surface area contributed by atoms with Crippen LogP contribution in [0.1, 0.15) is 18.1 Å². The van der Waals surface area contributed by atoms with Crippen molar-refractivity contribution >= 4 is 23.2 Å². The Morgan fingerprint density at radius 1 is 1.05 bits per heavy atom. The van der Waals surface area contributed by atoms with Crippen molar-refractivity contribution in [2.45, 2.75) is 6.92 Å². The lowest BCUT2D eigenvalue weighted by Crippen LogP contribution is -2.36. The van der Waals surface area contributed by atoms with Gasteiger partial charge in [-0.15, -0.1) is 0 Å². The van der Waals surface area contributed by atoms with Gasteiger partial charge in [-0.1, -0.05) is 48.5 Å². The molecule has 0 unspecified atom stereocenters. The van der Waals surface area contributed by atoms with Crippen molar-refractivity contribution in [1.82, 2.24) is 0 Å². The van der Waals surface area contributed by atoms with Crippen LogP contribution < -0.4 is 4.90 Å². The van der Waals surface area contributed by atoms with E-state index in [2.05, 4.69) is 4.99 Å². The van der Waals surface area contributed by atoms with Crippen LogP contribution in [0, 0.1) is 0 Å². The molecule has 0 N–H and O–H groups in total. The molecule has 0 aromatic heterocycles. The van der Waals surface area contributed by atoms with Gasteiger partial charge in [-0.25, -0.2) is 4.90 Å². The number of rotatable bonds is 1. The average molecular weight is 278 g/mol. The van der Waals surface area contributed by atoms with Crippen LogP contribution in [0.3, 0.4) is 0 Å². The van der Waals surface area contributed by atoms with Crippen LogP contribution in [0.25, 0.3) is 0 Å². The van der Waals surface area contributed by atoms with E-state index in [1.165, 1.54) is 11.8 Å². The van der Waals surface area contributed by atoms with Gasteiger partial charge in [-0.2, -0.15) is 0 Å². The van der Waals surface area contributed by atoms with Crippen molar-refractivity contribution < 1.29 is 9.59 Å². The first-order valence-electron chi connectivity index (χ1n) is 6.71. The van der Waals surface area contributed by atoms with Gasteiger partial charge in [-0.3, -0.25) is 14.6 Å². The van der Waals surface area contributed by atoms with Gasteiger partial charge in [0.15, 0.2) is 0 Å². The number of nitrogens with zero attached hydrogens (tertiary/aromatic N) is 2. The predicted molar refractivity (Wildman–Crippen MR) is 81.6 cm³/mol. The minimum atomic E-state index is -0.305. The highest BCUT2D eigenvalue weighted by Crippen LogP contribution is 2.26. The number of carbonyl (C=O) groups is 2. The number of anilines is 1. The molecule has 0 spiro atoms. The summed E-state index contributed by atoms with van der Waals surface area (Å²) in [5, 5.41) is 0. The summed E-state index contributed by atoms with van der Waals surface area (Å²) >= 11 is 0. The lowest BCUT2D eigenvalue weighted by Gasteiger charge is -2.19. The van der Waals surface area contributed by atoms with Crippen LogP contribution >= 0.6 is 0 Å². The Bertz CT molecular complexity index is 735. The molecule has 0 saturated carbocycles.